The highest BCUT2D eigenvalue weighted by molar-refractivity contribution is 7.92. The summed E-state index contributed by atoms with van der Waals surface area (Å²) in [5.74, 6) is -0.289. The first-order valence-corrected chi connectivity index (χ1v) is 7.57. The van der Waals surface area contributed by atoms with Crippen LogP contribution in [-0.2, 0) is 21.2 Å². The number of sulfone groups is 1. The number of aromatic nitrogens is 3. The van der Waals surface area contributed by atoms with E-state index in [-0.39, 0.29) is 21.8 Å². The van der Waals surface area contributed by atoms with E-state index in [4.69, 9.17) is 0 Å². The van der Waals surface area contributed by atoms with Gasteiger partial charge < -0.3 is 9.88 Å². The minimum absolute atomic E-state index is 0.105. The van der Waals surface area contributed by atoms with Crippen LogP contribution in [0.3, 0.4) is 0 Å². The van der Waals surface area contributed by atoms with Gasteiger partial charge in [0.05, 0.1) is 12.5 Å². The quantitative estimate of drug-likeness (QED) is 0.877. The molecular formula is C9H10N4O3S2. The number of imidazole rings is 1. The van der Waals surface area contributed by atoms with E-state index in [2.05, 4.69) is 15.3 Å². The molecule has 0 unspecified atom stereocenters. The van der Waals surface area contributed by atoms with Crippen LogP contribution in [0, 0.1) is 0 Å². The summed E-state index contributed by atoms with van der Waals surface area (Å²) in [6.45, 7) is 0.105. The highest BCUT2D eigenvalue weighted by Crippen LogP contribution is 2.22. The van der Waals surface area contributed by atoms with Crippen LogP contribution in [0.15, 0.2) is 29.1 Å². The third kappa shape index (κ3) is 3.14. The summed E-state index contributed by atoms with van der Waals surface area (Å²) < 4.78 is 24.2. The molecule has 2 heterocycles. The van der Waals surface area contributed by atoms with E-state index in [0.717, 1.165) is 17.6 Å². The van der Waals surface area contributed by atoms with Crippen molar-refractivity contribution in [3.63, 3.8) is 0 Å². The standard InChI is InChI=1S/C9H10N4O3S2/c1-18(15,16)8-4-11-9(17-8)12-7(14)5-13-3-2-10-6-13/h2-4,6H,5H2,1H3,(H,11,12,14). The van der Waals surface area contributed by atoms with Gasteiger partial charge in [0, 0.05) is 18.6 Å². The van der Waals surface area contributed by atoms with Crippen LogP contribution < -0.4 is 5.32 Å². The fourth-order valence-electron chi connectivity index (χ4n) is 1.19. The average molecular weight is 286 g/mol. The van der Waals surface area contributed by atoms with Gasteiger partial charge in [-0.2, -0.15) is 0 Å². The predicted molar refractivity (Wildman–Crippen MR) is 66.1 cm³/mol. The lowest BCUT2D eigenvalue weighted by Crippen LogP contribution is -2.17. The summed E-state index contributed by atoms with van der Waals surface area (Å²) in [5.41, 5.74) is 0. The first-order chi connectivity index (χ1) is 8.45. The van der Waals surface area contributed by atoms with Crippen molar-refractivity contribution in [3.05, 3.63) is 24.9 Å². The van der Waals surface area contributed by atoms with E-state index in [1.165, 1.54) is 12.5 Å². The zero-order valence-corrected chi connectivity index (χ0v) is 11.0. The minimum atomic E-state index is -3.28. The number of rotatable bonds is 4. The highest BCUT2D eigenvalue weighted by atomic mass is 32.2. The fourth-order valence-corrected chi connectivity index (χ4v) is 2.85. The number of hydrogen-bond acceptors (Lipinski definition) is 6. The number of carbonyl (C=O) groups is 1. The largest absolute Gasteiger partial charge is 0.328 e. The van der Waals surface area contributed by atoms with E-state index in [0.29, 0.717) is 0 Å². The fraction of sp³-hybridized carbons (Fsp3) is 0.222. The number of carbonyl (C=O) groups excluding carboxylic acids is 1. The van der Waals surface area contributed by atoms with E-state index >= 15 is 0 Å². The number of anilines is 1. The first-order valence-electron chi connectivity index (χ1n) is 4.86. The van der Waals surface area contributed by atoms with Crippen LogP contribution in [0.25, 0.3) is 0 Å². The minimum Gasteiger partial charge on any atom is -0.328 e. The zero-order chi connectivity index (χ0) is 13.2. The van der Waals surface area contributed by atoms with E-state index in [1.807, 2.05) is 0 Å². The third-order valence-electron chi connectivity index (χ3n) is 1.98. The van der Waals surface area contributed by atoms with Crippen LogP contribution in [0.4, 0.5) is 5.13 Å². The molecule has 0 aliphatic heterocycles. The Kier molecular flexibility index (Phi) is 3.43. The van der Waals surface area contributed by atoms with Crippen molar-refractivity contribution in [2.75, 3.05) is 11.6 Å². The molecule has 0 saturated carbocycles. The Morgan fingerprint density at radius 2 is 2.33 bits per heavy atom. The van der Waals surface area contributed by atoms with E-state index < -0.39 is 9.84 Å². The summed E-state index contributed by atoms with van der Waals surface area (Å²) in [7, 11) is -3.28. The van der Waals surface area contributed by atoms with Crippen LogP contribution >= 0.6 is 11.3 Å². The van der Waals surface area contributed by atoms with Gasteiger partial charge in [-0.25, -0.2) is 18.4 Å². The highest BCUT2D eigenvalue weighted by Gasteiger charge is 2.13. The lowest BCUT2D eigenvalue weighted by Gasteiger charge is -2.01. The molecule has 2 aromatic heterocycles. The maximum absolute atomic E-state index is 11.6. The Labute approximate surface area is 107 Å². The summed E-state index contributed by atoms with van der Waals surface area (Å²) >= 11 is 0.925. The molecule has 0 bridgehead atoms. The number of nitrogens with one attached hydrogen (secondary N) is 1. The Balaban J connectivity index is 2.02. The smallest absolute Gasteiger partial charge is 0.246 e. The summed E-state index contributed by atoms with van der Waals surface area (Å²) in [5, 5.41) is 2.79. The molecule has 96 valence electrons. The van der Waals surface area contributed by atoms with Crippen molar-refractivity contribution in [1.82, 2.24) is 14.5 Å². The van der Waals surface area contributed by atoms with E-state index in [1.54, 1.807) is 17.0 Å². The molecule has 2 aromatic rings. The van der Waals surface area contributed by atoms with Crippen molar-refractivity contribution in [2.24, 2.45) is 0 Å². The Hall–Kier alpha value is -1.74. The van der Waals surface area contributed by atoms with Crippen molar-refractivity contribution in [1.29, 1.82) is 0 Å². The maximum Gasteiger partial charge on any atom is 0.246 e. The number of hydrogen-bond donors (Lipinski definition) is 1. The second-order valence-corrected chi connectivity index (χ2v) is 6.81. The van der Waals surface area contributed by atoms with Crippen LogP contribution in [0.1, 0.15) is 0 Å². The predicted octanol–water partition coefficient (Wildman–Crippen LogP) is 0.382. The SMILES string of the molecule is CS(=O)(=O)c1cnc(NC(=O)Cn2ccnc2)s1. The summed E-state index contributed by atoms with van der Waals surface area (Å²) in [6.07, 6.45) is 7.07. The van der Waals surface area contributed by atoms with E-state index in [9.17, 15) is 13.2 Å². The van der Waals surface area contributed by atoms with Gasteiger partial charge in [0.25, 0.3) is 0 Å². The van der Waals surface area contributed by atoms with Gasteiger partial charge in [0.2, 0.25) is 5.91 Å². The van der Waals surface area contributed by atoms with Crippen molar-refractivity contribution in [2.45, 2.75) is 10.8 Å². The molecule has 0 spiro atoms. The van der Waals surface area contributed by atoms with Gasteiger partial charge in [-0.05, 0) is 0 Å². The zero-order valence-electron chi connectivity index (χ0n) is 9.40. The average Bonchev–Trinajstić information content (AvgIpc) is 2.87. The number of thiazole rings is 1. The monoisotopic (exact) mass is 286 g/mol. The molecule has 9 heteroatoms. The molecule has 7 nitrogen and oxygen atoms in total. The molecule has 1 amide bonds. The number of amides is 1. The van der Waals surface area contributed by atoms with Gasteiger partial charge in [0.1, 0.15) is 10.8 Å². The molecular weight excluding hydrogens is 276 g/mol. The summed E-state index contributed by atoms with van der Waals surface area (Å²) in [4.78, 5) is 19.2. The van der Waals surface area contributed by atoms with Gasteiger partial charge in [0.15, 0.2) is 15.0 Å². The van der Waals surface area contributed by atoms with Gasteiger partial charge in [-0.3, -0.25) is 4.79 Å². The molecule has 2 rings (SSSR count). The van der Waals surface area contributed by atoms with Crippen molar-refractivity contribution < 1.29 is 13.2 Å². The molecule has 0 fully saturated rings. The third-order valence-corrected chi connectivity index (χ3v) is 4.68. The Bertz CT molecular complexity index is 645. The first kappa shape index (κ1) is 12.7. The molecule has 0 aromatic carbocycles. The molecule has 0 aliphatic rings. The normalized spacial score (nSPS) is 11.4. The Morgan fingerprint density at radius 1 is 1.56 bits per heavy atom. The Morgan fingerprint density at radius 3 is 2.89 bits per heavy atom. The van der Waals surface area contributed by atoms with Gasteiger partial charge in [-0.1, -0.05) is 11.3 Å². The second kappa shape index (κ2) is 4.86. The van der Waals surface area contributed by atoms with Crippen molar-refractivity contribution in [3.8, 4) is 0 Å². The van der Waals surface area contributed by atoms with Crippen LogP contribution in [0.2, 0.25) is 0 Å². The molecule has 18 heavy (non-hydrogen) atoms. The molecule has 0 radical (unpaired) electrons. The van der Waals surface area contributed by atoms with Crippen molar-refractivity contribution >= 4 is 32.2 Å². The molecule has 0 atom stereocenters. The maximum atomic E-state index is 11.6. The van der Waals surface area contributed by atoms with Gasteiger partial charge >= 0.3 is 0 Å². The summed E-state index contributed by atoms with van der Waals surface area (Å²) in [6, 6.07) is 0. The lowest BCUT2D eigenvalue weighted by atomic mass is 10.6. The number of nitrogens with zero attached hydrogens (tertiary/aromatic N) is 3. The molecule has 1 N–H and O–H groups in total. The molecule has 0 aliphatic carbocycles. The van der Waals surface area contributed by atoms with Crippen LogP contribution in [0.5, 0.6) is 0 Å². The lowest BCUT2D eigenvalue weighted by molar-refractivity contribution is -0.116. The van der Waals surface area contributed by atoms with Gasteiger partial charge in [-0.15, -0.1) is 0 Å². The topological polar surface area (TPSA) is 94.0 Å². The molecule has 0 saturated heterocycles. The van der Waals surface area contributed by atoms with Crippen LogP contribution in [-0.4, -0.2) is 35.1 Å². The second-order valence-electron chi connectivity index (χ2n) is 3.54.